The van der Waals surface area contributed by atoms with Gasteiger partial charge < -0.3 is 19.5 Å². The first-order chi connectivity index (χ1) is 9.49. The molecule has 0 amide bonds. The molecule has 0 bridgehead atoms. The van der Waals surface area contributed by atoms with E-state index in [2.05, 4.69) is 10.1 Å². The van der Waals surface area contributed by atoms with Gasteiger partial charge in [0.25, 0.3) is 0 Å². The number of hydrogen-bond acceptors (Lipinski definition) is 4. The number of nitrogens with one attached hydrogen (secondary N) is 1. The Morgan fingerprint density at radius 1 is 1.20 bits per heavy atom. The van der Waals surface area contributed by atoms with E-state index in [0.29, 0.717) is 13.2 Å². The molecule has 0 aromatic rings. The highest BCUT2D eigenvalue weighted by Gasteiger charge is 2.38. The molecule has 0 aliphatic carbocycles. The van der Waals surface area contributed by atoms with Gasteiger partial charge in [-0.2, -0.15) is 13.2 Å². The fourth-order valence-electron chi connectivity index (χ4n) is 2.82. The fourth-order valence-corrected chi connectivity index (χ4v) is 2.82. The topological polar surface area (TPSA) is 39.7 Å². The van der Waals surface area contributed by atoms with Crippen LogP contribution in [0.3, 0.4) is 0 Å². The maximum atomic E-state index is 11.9. The molecule has 2 rings (SSSR count). The highest BCUT2D eigenvalue weighted by molar-refractivity contribution is 4.91. The van der Waals surface area contributed by atoms with Gasteiger partial charge in [-0.3, -0.25) is 0 Å². The van der Waals surface area contributed by atoms with E-state index in [4.69, 9.17) is 9.47 Å². The maximum Gasteiger partial charge on any atom is 0.411 e. The molecular formula is C13H22F3NO3. The summed E-state index contributed by atoms with van der Waals surface area (Å²) in [7, 11) is 0. The Balaban J connectivity index is 1.63. The van der Waals surface area contributed by atoms with E-state index in [1.165, 1.54) is 0 Å². The molecule has 1 unspecified atom stereocenters. The minimum Gasteiger partial charge on any atom is -0.381 e. The van der Waals surface area contributed by atoms with Gasteiger partial charge in [0.2, 0.25) is 0 Å². The van der Waals surface area contributed by atoms with Gasteiger partial charge in [-0.15, -0.1) is 0 Å². The molecule has 2 heterocycles. The lowest BCUT2D eigenvalue weighted by molar-refractivity contribution is -0.173. The quantitative estimate of drug-likeness (QED) is 0.787. The second kappa shape index (κ2) is 7.06. The minimum absolute atomic E-state index is 0.0764. The Bertz CT molecular complexity index is 288. The third-order valence-corrected chi connectivity index (χ3v) is 3.84. The molecule has 1 N–H and O–H groups in total. The highest BCUT2D eigenvalue weighted by Crippen LogP contribution is 2.34. The van der Waals surface area contributed by atoms with E-state index < -0.39 is 12.8 Å². The van der Waals surface area contributed by atoms with Crippen LogP contribution < -0.4 is 5.32 Å². The van der Waals surface area contributed by atoms with E-state index in [1.54, 1.807) is 0 Å². The predicted molar refractivity (Wildman–Crippen MR) is 66.6 cm³/mol. The number of ether oxygens (including phenoxy) is 3. The van der Waals surface area contributed by atoms with E-state index >= 15 is 0 Å². The lowest BCUT2D eigenvalue weighted by Crippen LogP contribution is -2.50. The summed E-state index contributed by atoms with van der Waals surface area (Å²) in [5.74, 6) is 0. The third-order valence-electron chi connectivity index (χ3n) is 3.84. The van der Waals surface area contributed by atoms with Crippen molar-refractivity contribution in [2.45, 2.75) is 43.5 Å². The van der Waals surface area contributed by atoms with Crippen LogP contribution in [-0.2, 0) is 14.2 Å². The lowest BCUT2D eigenvalue weighted by Gasteiger charge is -2.43. The molecule has 0 aromatic heterocycles. The first kappa shape index (κ1) is 16.0. The Morgan fingerprint density at radius 3 is 2.65 bits per heavy atom. The molecule has 2 fully saturated rings. The zero-order chi connectivity index (χ0) is 14.5. The van der Waals surface area contributed by atoms with Crippen LogP contribution >= 0.6 is 0 Å². The molecule has 4 nitrogen and oxygen atoms in total. The molecule has 1 spiro atoms. The second-order valence-electron chi connectivity index (χ2n) is 5.46. The zero-order valence-corrected chi connectivity index (χ0v) is 11.5. The van der Waals surface area contributed by atoms with Crippen LogP contribution in [-0.4, -0.2) is 57.4 Å². The van der Waals surface area contributed by atoms with Crippen molar-refractivity contribution in [3.05, 3.63) is 0 Å². The monoisotopic (exact) mass is 297 g/mol. The summed E-state index contributed by atoms with van der Waals surface area (Å²) < 4.78 is 51.6. The summed E-state index contributed by atoms with van der Waals surface area (Å²) in [6.07, 6.45) is -0.659. The summed E-state index contributed by atoms with van der Waals surface area (Å²) in [6, 6.07) is 0.288. The van der Waals surface area contributed by atoms with E-state index in [1.807, 2.05) is 0 Å². The summed E-state index contributed by atoms with van der Waals surface area (Å²) in [4.78, 5) is 0. The Morgan fingerprint density at radius 2 is 1.95 bits per heavy atom. The molecule has 0 aromatic carbocycles. The molecule has 2 aliphatic rings. The molecule has 7 heteroatoms. The maximum absolute atomic E-state index is 11.9. The van der Waals surface area contributed by atoms with Crippen LogP contribution in [0.25, 0.3) is 0 Å². The Labute approximate surface area is 116 Å². The summed E-state index contributed by atoms with van der Waals surface area (Å²) in [5, 5.41) is 3.27. The van der Waals surface area contributed by atoms with Crippen LogP contribution in [0.5, 0.6) is 0 Å². The molecule has 118 valence electrons. The predicted octanol–water partition coefficient (Wildman–Crippen LogP) is 1.88. The van der Waals surface area contributed by atoms with Crippen LogP contribution in [0.2, 0.25) is 0 Å². The van der Waals surface area contributed by atoms with Crippen molar-refractivity contribution < 1.29 is 27.4 Å². The van der Waals surface area contributed by atoms with E-state index in [0.717, 1.165) is 38.9 Å². The van der Waals surface area contributed by atoms with E-state index in [-0.39, 0.29) is 18.2 Å². The van der Waals surface area contributed by atoms with Crippen molar-refractivity contribution in [3.63, 3.8) is 0 Å². The van der Waals surface area contributed by atoms with Crippen LogP contribution in [0.1, 0.15) is 25.7 Å². The van der Waals surface area contributed by atoms with Gasteiger partial charge in [0.1, 0.15) is 6.61 Å². The van der Waals surface area contributed by atoms with Crippen LogP contribution in [0.15, 0.2) is 0 Å². The van der Waals surface area contributed by atoms with Gasteiger partial charge in [-0.25, -0.2) is 0 Å². The van der Waals surface area contributed by atoms with Gasteiger partial charge in [0.15, 0.2) is 0 Å². The lowest BCUT2D eigenvalue weighted by atomic mass is 9.84. The molecule has 2 saturated heterocycles. The molecule has 20 heavy (non-hydrogen) atoms. The van der Waals surface area contributed by atoms with Gasteiger partial charge in [-0.1, -0.05) is 0 Å². The van der Waals surface area contributed by atoms with Crippen molar-refractivity contribution in [3.8, 4) is 0 Å². The number of hydrogen-bond donors (Lipinski definition) is 1. The second-order valence-corrected chi connectivity index (χ2v) is 5.46. The SMILES string of the molecule is FC(F)(F)COCCNC1CCOC2(CCOCC2)C1. The largest absolute Gasteiger partial charge is 0.411 e. The standard InChI is InChI=1S/C13H22F3NO3/c14-13(15,16)10-19-8-4-17-11-1-5-20-12(9-11)2-6-18-7-3-12/h11,17H,1-10H2. The molecule has 0 saturated carbocycles. The highest BCUT2D eigenvalue weighted by atomic mass is 19.4. The number of halogens is 3. The first-order valence-electron chi connectivity index (χ1n) is 7.09. The van der Waals surface area contributed by atoms with Crippen LogP contribution in [0, 0.1) is 0 Å². The normalized spacial score (nSPS) is 26.9. The third kappa shape index (κ3) is 5.20. The summed E-state index contributed by atoms with van der Waals surface area (Å²) in [6.45, 7) is 1.48. The smallest absolute Gasteiger partial charge is 0.381 e. The number of alkyl halides is 3. The van der Waals surface area contributed by atoms with Crippen LogP contribution in [0.4, 0.5) is 13.2 Å². The summed E-state index contributed by atoms with van der Waals surface area (Å²) >= 11 is 0. The van der Waals surface area contributed by atoms with Gasteiger partial charge in [0.05, 0.1) is 12.2 Å². The van der Waals surface area contributed by atoms with E-state index in [9.17, 15) is 13.2 Å². The van der Waals surface area contributed by atoms with Gasteiger partial charge in [-0.05, 0) is 25.7 Å². The van der Waals surface area contributed by atoms with Crippen molar-refractivity contribution in [2.24, 2.45) is 0 Å². The average molecular weight is 297 g/mol. The van der Waals surface area contributed by atoms with Crippen molar-refractivity contribution in [1.29, 1.82) is 0 Å². The first-order valence-corrected chi connectivity index (χ1v) is 7.09. The molecule has 0 radical (unpaired) electrons. The van der Waals surface area contributed by atoms with Crippen molar-refractivity contribution >= 4 is 0 Å². The Hall–Kier alpha value is -0.370. The van der Waals surface area contributed by atoms with Gasteiger partial charge >= 0.3 is 6.18 Å². The average Bonchev–Trinajstić information content (AvgIpc) is 2.38. The zero-order valence-electron chi connectivity index (χ0n) is 11.5. The minimum atomic E-state index is -4.25. The molecule has 1 atom stereocenters. The molecular weight excluding hydrogens is 275 g/mol. The van der Waals surface area contributed by atoms with Crippen molar-refractivity contribution in [2.75, 3.05) is 39.6 Å². The number of rotatable bonds is 5. The van der Waals surface area contributed by atoms with Gasteiger partial charge in [0, 0.05) is 32.4 Å². The Kier molecular flexibility index (Phi) is 5.65. The molecule has 2 aliphatic heterocycles. The fraction of sp³-hybridized carbons (Fsp3) is 1.00. The van der Waals surface area contributed by atoms with Crippen molar-refractivity contribution in [1.82, 2.24) is 5.32 Å². The summed E-state index contributed by atoms with van der Waals surface area (Å²) in [5.41, 5.74) is -0.0962.